The second kappa shape index (κ2) is 10.4. The third kappa shape index (κ3) is 6.31. The van der Waals surface area contributed by atoms with Crippen molar-refractivity contribution in [3.63, 3.8) is 0 Å². The average Bonchev–Trinajstić information content (AvgIpc) is 3.15. The fourth-order valence-corrected chi connectivity index (χ4v) is 3.69. The maximum atomic E-state index is 13.8. The topological polar surface area (TPSA) is 78.4 Å². The van der Waals surface area contributed by atoms with Crippen LogP contribution in [0.5, 0.6) is 0 Å². The molecule has 0 bridgehead atoms. The van der Waals surface area contributed by atoms with Gasteiger partial charge in [-0.05, 0) is 36.3 Å². The van der Waals surface area contributed by atoms with Crippen LogP contribution in [0.15, 0.2) is 24.3 Å². The molecule has 1 fully saturated rings. The molecular weight excluding hydrogens is 347 g/mol. The molecule has 0 unspecified atom stereocenters. The minimum Gasteiger partial charge on any atom is -0.396 e. The lowest BCUT2D eigenvalue weighted by atomic mass is 9.93. The van der Waals surface area contributed by atoms with Gasteiger partial charge in [0.25, 0.3) is 5.91 Å². The number of rotatable bonds is 9. The van der Waals surface area contributed by atoms with Gasteiger partial charge in [-0.2, -0.15) is 0 Å². The third-order valence-corrected chi connectivity index (χ3v) is 5.32. The largest absolute Gasteiger partial charge is 0.396 e. The third-order valence-electron chi connectivity index (χ3n) is 5.32. The van der Waals surface area contributed by atoms with Gasteiger partial charge in [-0.25, -0.2) is 4.39 Å². The van der Waals surface area contributed by atoms with Crippen molar-refractivity contribution in [1.29, 1.82) is 0 Å². The number of carbonyl (C=O) groups excluding carboxylic acids is 2. The smallest absolute Gasteiger partial charge is 0.254 e. The molecule has 2 amide bonds. The van der Waals surface area contributed by atoms with Gasteiger partial charge in [-0.3, -0.25) is 9.59 Å². The van der Waals surface area contributed by atoms with E-state index in [-0.39, 0.29) is 29.9 Å². The first-order chi connectivity index (χ1) is 12.9. The summed E-state index contributed by atoms with van der Waals surface area (Å²) >= 11 is 0. The first-order valence-electron chi connectivity index (χ1n) is 9.86. The van der Waals surface area contributed by atoms with Crippen molar-refractivity contribution in [2.45, 2.75) is 52.0 Å². The normalized spacial score (nSPS) is 16.9. The molecule has 0 spiro atoms. The molecule has 0 aliphatic heterocycles. The number of nitrogens with one attached hydrogen (secondary N) is 2. The zero-order valence-corrected chi connectivity index (χ0v) is 16.2. The zero-order chi connectivity index (χ0) is 19.8. The van der Waals surface area contributed by atoms with Crippen LogP contribution in [0, 0.1) is 23.6 Å². The molecule has 1 aromatic rings. The van der Waals surface area contributed by atoms with Gasteiger partial charge in [0.05, 0.1) is 5.56 Å². The molecule has 0 saturated heterocycles. The van der Waals surface area contributed by atoms with Gasteiger partial charge >= 0.3 is 0 Å². The minimum absolute atomic E-state index is 0.0205. The van der Waals surface area contributed by atoms with Crippen LogP contribution in [-0.2, 0) is 4.79 Å². The summed E-state index contributed by atoms with van der Waals surface area (Å²) in [6.07, 6.45) is 5.78. The van der Waals surface area contributed by atoms with E-state index in [4.69, 9.17) is 0 Å². The molecule has 1 aliphatic carbocycles. The van der Waals surface area contributed by atoms with Crippen molar-refractivity contribution in [2.75, 3.05) is 13.2 Å². The standard InChI is InChI=1S/C21H31FN2O3/c1-14(2)19(24-20(26)17-9-5-6-10-18(17)22)21(27)23-12-16(13-25)11-15-7-3-4-8-15/h5-6,9-10,14-16,19,25H,3-4,7-8,11-13H2,1-2H3,(H,23,27)(H,24,26)/t16-,19-/m0/s1. The van der Waals surface area contributed by atoms with Crippen LogP contribution in [0.4, 0.5) is 4.39 Å². The first kappa shape index (κ1) is 21.4. The molecule has 6 heteroatoms. The summed E-state index contributed by atoms with van der Waals surface area (Å²) in [5.74, 6) is -1.03. The summed E-state index contributed by atoms with van der Waals surface area (Å²) < 4.78 is 13.8. The summed E-state index contributed by atoms with van der Waals surface area (Å²) in [6, 6.07) is 4.94. The Bertz CT molecular complexity index is 630. The van der Waals surface area contributed by atoms with Crippen LogP contribution in [0.1, 0.15) is 56.3 Å². The Labute approximate surface area is 160 Å². The number of aliphatic hydroxyl groups excluding tert-OH is 1. The zero-order valence-electron chi connectivity index (χ0n) is 16.2. The van der Waals surface area contributed by atoms with Crippen molar-refractivity contribution in [1.82, 2.24) is 10.6 Å². The van der Waals surface area contributed by atoms with E-state index >= 15 is 0 Å². The van der Waals surface area contributed by atoms with E-state index in [1.54, 1.807) is 6.07 Å². The second-order valence-electron chi connectivity index (χ2n) is 7.85. The van der Waals surface area contributed by atoms with Crippen molar-refractivity contribution < 1.29 is 19.1 Å². The van der Waals surface area contributed by atoms with Crippen molar-refractivity contribution in [2.24, 2.45) is 17.8 Å². The van der Waals surface area contributed by atoms with Crippen molar-refractivity contribution in [3.8, 4) is 0 Å². The Morgan fingerprint density at radius 3 is 2.48 bits per heavy atom. The number of benzene rings is 1. The maximum Gasteiger partial charge on any atom is 0.254 e. The maximum absolute atomic E-state index is 13.8. The Kier molecular flexibility index (Phi) is 8.23. The molecule has 0 aromatic heterocycles. The molecule has 5 nitrogen and oxygen atoms in total. The lowest BCUT2D eigenvalue weighted by molar-refractivity contribution is -0.124. The molecule has 150 valence electrons. The van der Waals surface area contributed by atoms with Crippen molar-refractivity contribution >= 4 is 11.8 Å². The highest BCUT2D eigenvalue weighted by Gasteiger charge is 2.27. The molecule has 0 radical (unpaired) electrons. The van der Waals surface area contributed by atoms with Gasteiger partial charge in [0.2, 0.25) is 5.91 Å². The van der Waals surface area contributed by atoms with Gasteiger partial charge < -0.3 is 15.7 Å². The summed E-state index contributed by atoms with van der Waals surface area (Å²) in [5.41, 5.74) is -0.0783. The predicted octanol–water partition coefficient (Wildman–Crippen LogP) is 2.89. The van der Waals surface area contributed by atoms with E-state index in [1.807, 2.05) is 13.8 Å². The molecule has 2 rings (SSSR count). The van der Waals surface area contributed by atoms with E-state index in [0.29, 0.717) is 12.5 Å². The van der Waals surface area contributed by atoms with Crippen LogP contribution in [0.2, 0.25) is 0 Å². The van der Waals surface area contributed by atoms with E-state index in [9.17, 15) is 19.1 Å². The summed E-state index contributed by atoms with van der Waals surface area (Å²) in [4.78, 5) is 24.9. The minimum atomic E-state index is -0.761. The Morgan fingerprint density at radius 1 is 1.22 bits per heavy atom. The van der Waals surface area contributed by atoms with Gasteiger partial charge in [0.1, 0.15) is 11.9 Å². The predicted molar refractivity (Wildman–Crippen MR) is 103 cm³/mol. The SMILES string of the molecule is CC(C)[C@H](NC(=O)c1ccccc1F)C(=O)NC[C@@H](CO)CC1CCCC1. The number of carbonyl (C=O) groups is 2. The molecule has 0 heterocycles. The number of hydrogen-bond donors (Lipinski definition) is 3. The molecule has 1 saturated carbocycles. The van der Waals surface area contributed by atoms with E-state index in [2.05, 4.69) is 10.6 Å². The van der Waals surface area contributed by atoms with Crippen LogP contribution < -0.4 is 10.6 Å². The number of hydrogen-bond acceptors (Lipinski definition) is 3. The van der Waals surface area contributed by atoms with E-state index < -0.39 is 17.8 Å². The lowest BCUT2D eigenvalue weighted by Crippen LogP contribution is -2.50. The van der Waals surface area contributed by atoms with E-state index in [0.717, 1.165) is 6.42 Å². The molecule has 2 atom stereocenters. The number of aliphatic hydroxyl groups is 1. The monoisotopic (exact) mass is 378 g/mol. The highest BCUT2D eigenvalue weighted by atomic mass is 19.1. The highest BCUT2D eigenvalue weighted by molar-refractivity contribution is 5.97. The highest BCUT2D eigenvalue weighted by Crippen LogP contribution is 2.30. The van der Waals surface area contributed by atoms with E-state index in [1.165, 1.54) is 43.9 Å². The van der Waals surface area contributed by atoms with Gasteiger partial charge in [-0.1, -0.05) is 51.7 Å². The lowest BCUT2D eigenvalue weighted by Gasteiger charge is -2.24. The van der Waals surface area contributed by atoms with Crippen LogP contribution in [0.3, 0.4) is 0 Å². The summed E-state index contributed by atoms with van der Waals surface area (Å²) in [7, 11) is 0. The average molecular weight is 378 g/mol. The molecule has 3 N–H and O–H groups in total. The van der Waals surface area contributed by atoms with Crippen molar-refractivity contribution in [3.05, 3.63) is 35.6 Å². The Balaban J connectivity index is 1.91. The quantitative estimate of drug-likeness (QED) is 0.618. The first-order valence-corrected chi connectivity index (χ1v) is 9.86. The Morgan fingerprint density at radius 2 is 1.89 bits per heavy atom. The fraction of sp³-hybridized carbons (Fsp3) is 0.619. The van der Waals surface area contributed by atoms with Gasteiger partial charge in [-0.15, -0.1) is 0 Å². The molecular formula is C21H31FN2O3. The molecule has 1 aliphatic rings. The van der Waals surface area contributed by atoms with Gasteiger partial charge in [0.15, 0.2) is 0 Å². The fourth-order valence-electron chi connectivity index (χ4n) is 3.69. The van der Waals surface area contributed by atoms with Crippen LogP contribution in [0.25, 0.3) is 0 Å². The molecule has 1 aromatic carbocycles. The number of halogens is 1. The van der Waals surface area contributed by atoms with Crippen LogP contribution >= 0.6 is 0 Å². The summed E-state index contributed by atoms with van der Waals surface area (Å²) in [6.45, 7) is 4.07. The summed E-state index contributed by atoms with van der Waals surface area (Å²) in [5, 5.41) is 15.1. The molecule has 27 heavy (non-hydrogen) atoms. The van der Waals surface area contributed by atoms with Crippen LogP contribution in [-0.4, -0.2) is 36.1 Å². The second-order valence-corrected chi connectivity index (χ2v) is 7.85. The number of amides is 2. The van der Waals surface area contributed by atoms with Gasteiger partial charge in [0, 0.05) is 13.2 Å². The Hall–Kier alpha value is -1.95.